The lowest BCUT2D eigenvalue weighted by atomic mass is 10.2. The Balaban J connectivity index is 3.04. The first-order valence-electron chi connectivity index (χ1n) is 3.50. The zero-order valence-corrected chi connectivity index (χ0v) is 7.07. The fourth-order valence-corrected chi connectivity index (χ4v) is 0.966. The lowest BCUT2D eigenvalue weighted by molar-refractivity contribution is 0.0599. The Kier molecular flexibility index (Phi) is 2.44. The van der Waals surface area contributed by atoms with Crippen LogP contribution in [0, 0.1) is 0 Å². The van der Waals surface area contributed by atoms with Crippen LogP contribution >= 0.6 is 0 Å². The summed E-state index contributed by atoms with van der Waals surface area (Å²) in [5, 5.41) is 3.99. The molecule has 0 atom stereocenters. The van der Waals surface area contributed by atoms with Crippen molar-refractivity contribution in [3.05, 3.63) is 17.5 Å². The number of carbonyl (C=O) groups excluding carboxylic acids is 1. The van der Waals surface area contributed by atoms with E-state index in [1.165, 1.54) is 11.8 Å². The second-order valence-corrected chi connectivity index (χ2v) is 2.36. The second kappa shape index (κ2) is 3.36. The Morgan fingerprint density at radius 3 is 3.00 bits per heavy atom. The Bertz CT molecular complexity index is 293. The van der Waals surface area contributed by atoms with Crippen molar-refractivity contribution in [2.45, 2.75) is 6.54 Å². The average molecular weight is 169 g/mol. The van der Waals surface area contributed by atoms with Crippen LogP contribution in [0.15, 0.2) is 6.20 Å². The Hall–Kier alpha value is -1.36. The molecule has 0 aliphatic rings. The van der Waals surface area contributed by atoms with Gasteiger partial charge in [-0.15, -0.1) is 0 Å². The van der Waals surface area contributed by atoms with Crippen LogP contribution in [0.2, 0.25) is 0 Å². The van der Waals surface area contributed by atoms with Gasteiger partial charge in [0.15, 0.2) is 0 Å². The van der Waals surface area contributed by atoms with Gasteiger partial charge in [0.25, 0.3) is 0 Å². The number of hydrogen-bond acceptors (Lipinski definition) is 4. The smallest absolute Gasteiger partial charge is 0.341 e. The summed E-state index contributed by atoms with van der Waals surface area (Å²) in [6.45, 7) is 0.241. The third-order valence-corrected chi connectivity index (χ3v) is 1.50. The van der Waals surface area contributed by atoms with E-state index in [1.807, 2.05) is 0 Å². The number of aryl methyl sites for hydroxylation is 1. The zero-order chi connectivity index (χ0) is 9.14. The molecule has 1 rings (SSSR count). The predicted molar refractivity (Wildman–Crippen MR) is 42.4 cm³/mol. The fraction of sp³-hybridized carbons (Fsp3) is 0.429. The molecule has 2 N–H and O–H groups in total. The number of methoxy groups -OCH3 is 1. The molecule has 66 valence electrons. The predicted octanol–water partition coefficient (Wildman–Crippen LogP) is -0.335. The molecule has 0 saturated carbocycles. The van der Waals surface area contributed by atoms with Gasteiger partial charge in [-0.2, -0.15) is 5.10 Å². The van der Waals surface area contributed by atoms with Crippen molar-refractivity contribution < 1.29 is 9.53 Å². The third-order valence-electron chi connectivity index (χ3n) is 1.50. The van der Waals surface area contributed by atoms with Crippen molar-refractivity contribution in [1.82, 2.24) is 9.78 Å². The highest BCUT2D eigenvalue weighted by Crippen LogP contribution is 2.06. The molecule has 0 radical (unpaired) electrons. The molecule has 0 aromatic carbocycles. The SMILES string of the molecule is COC(=O)c1cn(C)nc1CN. The molecular weight excluding hydrogens is 158 g/mol. The van der Waals surface area contributed by atoms with E-state index in [-0.39, 0.29) is 6.54 Å². The number of hydrogen-bond donors (Lipinski definition) is 1. The van der Waals surface area contributed by atoms with Crippen molar-refractivity contribution in [2.75, 3.05) is 7.11 Å². The number of nitrogens with two attached hydrogens (primary N) is 1. The lowest BCUT2D eigenvalue weighted by Crippen LogP contribution is -2.07. The van der Waals surface area contributed by atoms with Gasteiger partial charge in [0, 0.05) is 19.8 Å². The van der Waals surface area contributed by atoms with Crippen LogP contribution in [-0.2, 0) is 18.3 Å². The van der Waals surface area contributed by atoms with Gasteiger partial charge >= 0.3 is 5.97 Å². The van der Waals surface area contributed by atoms with Gasteiger partial charge in [0.2, 0.25) is 0 Å². The average Bonchev–Trinajstić information content (AvgIpc) is 2.45. The molecule has 1 heterocycles. The molecule has 0 bridgehead atoms. The maximum Gasteiger partial charge on any atom is 0.341 e. The fourth-order valence-electron chi connectivity index (χ4n) is 0.966. The van der Waals surface area contributed by atoms with Crippen LogP contribution in [0.5, 0.6) is 0 Å². The summed E-state index contributed by atoms with van der Waals surface area (Å²) in [5.74, 6) is -0.399. The van der Waals surface area contributed by atoms with E-state index < -0.39 is 5.97 Å². The van der Waals surface area contributed by atoms with E-state index >= 15 is 0 Å². The molecule has 5 nitrogen and oxygen atoms in total. The number of ether oxygens (including phenoxy) is 1. The standard InChI is InChI=1S/C7H11N3O2/c1-10-4-5(7(11)12-2)6(3-8)9-10/h4H,3,8H2,1-2H3. The van der Waals surface area contributed by atoms with E-state index in [9.17, 15) is 4.79 Å². The van der Waals surface area contributed by atoms with Crippen molar-refractivity contribution >= 4 is 5.97 Å². The van der Waals surface area contributed by atoms with Gasteiger partial charge < -0.3 is 10.5 Å². The number of carbonyl (C=O) groups is 1. The maximum absolute atomic E-state index is 11.1. The zero-order valence-electron chi connectivity index (χ0n) is 7.07. The summed E-state index contributed by atoms with van der Waals surface area (Å²) in [4.78, 5) is 11.1. The lowest BCUT2D eigenvalue weighted by Gasteiger charge is -1.95. The first-order chi connectivity index (χ1) is 5.69. The second-order valence-electron chi connectivity index (χ2n) is 2.36. The van der Waals surface area contributed by atoms with Crippen molar-refractivity contribution in [3.8, 4) is 0 Å². The van der Waals surface area contributed by atoms with Crippen LogP contribution in [0.3, 0.4) is 0 Å². The van der Waals surface area contributed by atoms with E-state index in [0.29, 0.717) is 11.3 Å². The van der Waals surface area contributed by atoms with Crippen molar-refractivity contribution in [2.24, 2.45) is 12.8 Å². The number of nitrogens with zero attached hydrogens (tertiary/aromatic N) is 2. The van der Waals surface area contributed by atoms with Gasteiger partial charge in [-0.3, -0.25) is 4.68 Å². The molecule has 0 saturated heterocycles. The number of aromatic nitrogens is 2. The summed E-state index contributed by atoms with van der Waals surface area (Å²) in [5.41, 5.74) is 6.37. The van der Waals surface area contributed by atoms with E-state index in [2.05, 4.69) is 9.84 Å². The van der Waals surface area contributed by atoms with Crippen molar-refractivity contribution in [1.29, 1.82) is 0 Å². The van der Waals surface area contributed by atoms with Crippen LogP contribution in [0.25, 0.3) is 0 Å². The minimum Gasteiger partial charge on any atom is -0.465 e. The van der Waals surface area contributed by atoms with Gasteiger partial charge in [0.1, 0.15) is 5.56 Å². The van der Waals surface area contributed by atoms with Crippen LogP contribution < -0.4 is 5.73 Å². The van der Waals surface area contributed by atoms with Crippen LogP contribution in [0.1, 0.15) is 16.1 Å². The summed E-state index contributed by atoms with van der Waals surface area (Å²) < 4.78 is 6.08. The first kappa shape index (κ1) is 8.73. The van der Waals surface area contributed by atoms with Crippen LogP contribution in [0.4, 0.5) is 0 Å². The largest absolute Gasteiger partial charge is 0.465 e. The molecule has 0 aliphatic heterocycles. The molecule has 0 spiro atoms. The van der Waals surface area contributed by atoms with E-state index in [4.69, 9.17) is 5.73 Å². The quantitative estimate of drug-likeness (QED) is 0.615. The Morgan fingerprint density at radius 2 is 2.50 bits per heavy atom. The highest BCUT2D eigenvalue weighted by atomic mass is 16.5. The molecular formula is C7H11N3O2. The highest BCUT2D eigenvalue weighted by Gasteiger charge is 2.13. The van der Waals surface area contributed by atoms with Gasteiger partial charge in [0.05, 0.1) is 12.8 Å². The van der Waals surface area contributed by atoms with Crippen LogP contribution in [-0.4, -0.2) is 22.9 Å². The topological polar surface area (TPSA) is 70.1 Å². The monoisotopic (exact) mass is 169 g/mol. The molecule has 0 amide bonds. The molecule has 0 fully saturated rings. The molecule has 1 aromatic heterocycles. The number of esters is 1. The highest BCUT2D eigenvalue weighted by molar-refractivity contribution is 5.90. The van der Waals surface area contributed by atoms with E-state index in [1.54, 1.807) is 13.2 Å². The molecule has 12 heavy (non-hydrogen) atoms. The Labute approximate surface area is 70.1 Å². The number of rotatable bonds is 2. The Morgan fingerprint density at radius 1 is 1.83 bits per heavy atom. The molecule has 0 unspecified atom stereocenters. The summed E-state index contributed by atoms with van der Waals surface area (Å²) in [6, 6.07) is 0. The van der Waals surface area contributed by atoms with Gasteiger partial charge in [-0.05, 0) is 0 Å². The minimum absolute atomic E-state index is 0.241. The maximum atomic E-state index is 11.1. The van der Waals surface area contributed by atoms with Gasteiger partial charge in [-0.25, -0.2) is 4.79 Å². The molecule has 5 heteroatoms. The summed E-state index contributed by atoms with van der Waals surface area (Å²) in [6.07, 6.45) is 1.59. The minimum atomic E-state index is -0.399. The molecule has 1 aromatic rings. The van der Waals surface area contributed by atoms with Gasteiger partial charge in [-0.1, -0.05) is 0 Å². The van der Waals surface area contributed by atoms with Crippen molar-refractivity contribution in [3.63, 3.8) is 0 Å². The first-order valence-corrected chi connectivity index (χ1v) is 3.50. The molecule has 0 aliphatic carbocycles. The summed E-state index contributed by atoms with van der Waals surface area (Å²) in [7, 11) is 3.06. The normalized spacial score (nSPS) is 9.92. The van der Waals surface area contributed by atoms with E-state index in [0.717, 1.165) is 0 Å². The summed E-state index contributed by atoms with van der Waals surface area (Å²) >= 11 is 0. The third kappa shape index (κ3) is 1.45.